The monoisotopic (exact) mass is 290 g/mol. The number of aromatic hydroxyl groups is 1. The highest BCUT2D eigenvalue weighted by atomic mass is 19.1. The van der Waals surface area contributed by atoms with E-state index in [1.165, 1.54) is 22.8 Å². The fourth-order valence-electron chi connectivity index (χ4n) is 2.61. The maximum Gasteiger partial charge on any atom is 0.331 e. The quantitative estimate of drug-likeness (QED) is 0.908. The smallest absolute Gasteiger partial charge is 0.331 e. The topological polar surface area (TPSA) is 75.1 Å². The zero-order chi connectivity index (χ0) is 15.1. The van der Waals surface area contributed by atoms with Crippen molar-refractivity contribution in [2.45, 2.75) is 25.8 Å². The van der Waals surface area contributed by atoms with E-state index in [2.05, 4.69) is 4.98 Å². The van der Waals surface area contributed by atoms with Gasteiger partial charge in [-0.15, -0.1) is 0 Å². The van der Waals surface area contributed by atoms with Gasteiger partial charge in [0.1, 0.15) is 11.4 Å². The number of nitrogens with zero attached hydrogens (tertiary/aromatic N) is 1. The standard InChI is InChI=1S/C15H15FN2O3/c1-8(9-5-6-9)18-14(20)12(13(19)17-15(18)21)10-3-2-4-11(16)7-10/h2-4,7-9,20H,5-6H2,1H3,(H,17,19,21). The molecule has 1 saturated carbocycles. The van der Waals surface area contributed by atoms with Crippen molar-refractivity contribution >= 4 is 0 Å². The van der Waals surface area contributed by atoms with E-state index >= 15 is 0 Å². The summed E-state index contributed by atoms with van der Waals surface area (Å²) in [6.07, 6.45) is 1.98. The third kappa shape index (κ3) is 2.37. The van der Waals surface area contributed by atoms with Crippen molar-refractivity contribution in [1.82, 2.24) is 9.55 Å². The van der Waals surface area contributed by atoms with E-state index in [4.69, 9.17) is 0 Å². The van der Waals surface area contributed by atoms with Crippen LogP contribution in [0.2, 0.25) is 0 Å². The van der Waals surface area contributed by atoms with Gasteiger partial charge < -0.3 is 5.11 Å². The van der Waals surface area contributed by atoms with Crippen LogP contribution in [0.25, 0.3) is 11.1 Å². The Kier molecular flexibility index (Phi) is 3.16. The van der Waals surface area contributed by atoms with Crippen LogP contribution in [0.15, 0.2) is 33.9 Å². The maximum atomic E-state index is 13.3. The summed E-state index contributed by atoms with van der Waals surface area (Å²) >= 11 is 0. The molecule has 3 rings (SSSR count). The van der Waals surface area contributed by atoms with Crippen molar-refractivity contribution < 1.29 is 9.50 Å². The summed E-state index contributed by atoms with van der Waals surface area (Å²) in [7, 11) is 0. The SMILES string of the molecule is CC(C1CC1)n1c(O)c(-c2cccc(F)c2)c(=O)[nH]c1=O. The first-order valence-corrected chi connectivity index (χ1v) is 6.82. The number of rotatable bonds is 3. The van der Waals surface area contributed by atoms with E-state index in [1.807, 2.05) is 6.92 Å². The minimum atomic E-state index is -0.720. The van der Waals surface area contributed by atoms with Crippen molar-refractivity contribution in [3.05, 3.63) is 50.9 Å². The van der Waals surface area contributed by atoms with E-state index in [9.17, 15) is 19.1 Å². The Morgan fingerprint density at radius 2 is 2.10 bits per heavy atom. The summed E-state index contributed by atoms with van der Waals surface area (Å²) in [5.74, 6) is -0.604. The Morgan fingerprint density at radius 1 is 1.38 bits per heavy atom. The van der Waals surface area contributed by atoms with Crippen LogP contribution in [0.4, 0.5) is 4.39 Å². The minimum absolute atomic E-state index is 0.0819. The van der Waals surface area contributed by atoms with E-state index < -0.39 is 22.9 Å². The minimum Gasteiger partial charge on any atom is -0.494 e. The van der Waals surface area contributed by atoms with Crippen molar-refractivity contribution in [3.63, 3.8) is 0 Å². The molecule has 2 N–H and O–H groups in total. The van der Waals surface area contributed by atoms with Crippen LogP contribution in [0.1, 0.15) is 25.8 Å². The normalized spacial score (nSPS) is 15.9. The van der Waals surface area contributed by atoms with E-state index in [-0.39, 0.29) is 17.2 Å². The molecule has 110 valence electrons. The van der Waals surface area contributed by atoms with Crippen LogP contribution in [-0.4, -0.2) is 14.7 Å². The summed E-state index contributed by atoms with van der Waals surface area (Å²) in [6.45, 7) is 1.83. The lowest BCUT2D eigenvalue weighted by Crippen LogP contribution is -2.33. The first-order chi connectivity index (χ1) is 9.99. The number of hydrogen-bond acceptors (Lipinski definition) is 3. The molecule has 1 aromatic heterocycles. The Labute approximate surface area is 119 Å². The molecule has 1 unspecified atom stereocenters. The van der Waals surface area contributed by atoms with Gasteiger partial charge in [-0.3, -0.25) is 14.3 Å². The van der Waals surface area contributed by atoms with Crippen molar-refractivity contribution in [1.29, 1.82) is 0 Å². The molecule has 0 aliphatic heterocycles. The Balaban J connectivity index is 2.23. The zero-order valence-corrected chi connectivity index (χ0v) is 11.5. The van der Waals surface area contributed by atoms with Gasteiger partial charge in [-0.05, 0) is 43.4 Å². The van der Waals surface area contributed by atoms with Crippen molar-refractivity contribution in [2.75, 3.05) is 0 Å². The molecule has 1 heterocycles. The van der Waals surface area contributed by atoms with Crippen molar-refractivity contribution in [3.8, 4) is 17.0 Å². The lowest BCUT2D eigenvalue weighted by molar-refractivity contribution is 0.356. The number of hydrogen-bond donors (Lipinski definition) is 2. The Hall–Kier alpha value is -2.37. The summed E-state index contributed by atoms with van der Waals surface area (Å²) in [5, 5.41) is 10.4. The number of benzene rings is 1. The van der Waals surface area contributed by atoms with E-state index in [1.54, 1.807) is 0 Å². The fraction of sp³-hybridized carbons (Fsp3) is 0.333. The summed E-state index contributed by atoms with van der Waals surface area (Å²) in [5.41, 5.74) is -1.20. The van der Waals surface area contributed by atoms with Crippen LogP contribution >= 0.6 is 0 Å². The van der Waals surface area contributed by atoms with Gasteiger partial charge in [-0.1, -0.05) is 12.1 Å². The van der Waals surface area contributed by atoms with Crippen LogP contribution in [0, 0.1) is 11.7 Å². The molecule has 0 radical (unpaired) electrons. The summed E-state index contributed by atoms with van der Waals surface area (Å²) in [4.78, 5) is 26.1. The number of aromatic nitrogens is 2. The van der Waals surface area contributed by atoms with Gasteiger partial charge in [0.2, 0.25) is 5.88 Å². The van der Waals surface area contributed by atoms with Crippen LogP contribution in [0.3, 0.4) is 0 Å². The number of H-pyrrole nitrogens is 1. The average Bonchev–Trinajstić information content (AvgIpc) is 3.22. The predicted molar refractivity (Wildman–Crippen MR) is 75.8 cm³/mol. The third-order valence-electron chi connectivity index (χ3n) is 3.94. The highest BCUT2D eigenvalue weighted by Crippen LogP contribution is 2.40. The van der Waals surface area contributed by atoms with Gasteiger partial charge in [0, 0.05) is 6.04 Å². The second kappa shape index (κ2) is 4.87. The summed E-state index contributed by atoms with van der Waals surface area (Å²) < 4.78 is 14.5. The lowest BCUT2D eigenvalue weighted by atomic mass is 10.1. The molecule has 1 atom stereocenters. The number of halogens is 1. The molecule has 1 fully saturated rings. The van der Waals surface area contributed by atoms with Crippen molar-refractivity contribution in [2.24, 2.45) is 5.92 Å². The fourth-order valence-corrected chi connectivity index (χ4v) is 2.61. The molecule has 1 aromatic carbocycles. The van der Waals surface area contributed by atoms with Gasteiger partial charge in [-0.25, -0.2) is 9.18 Å². The Bertz CT molecular complexity index is 805. The second-order valence-corrected chi connectivity index (χ2v) is 5.42. The third-order valence-corrected chi connectivity index (χ3v) is 3.94. The van der Waals surface area contributed by atoms with Gasteiger partial charge in [0.25, 0.3) is 5.56 Å². The molecule has 0 saturated heterocycles. The number of aromatic amines is 1. The molecule has 5 nitrogen and oxygen atoms in total. The molecule has 1 aliphatic rings. The molecule has 6 heteroatoms. The molecule has 0 amide bonds. The highest BCUT2D eigenvalue weighted by Gasteiger charge is 2.32. The zero-order valence-electron chi connectivity index (χ0n) is 11.5. The average molecular weight is 290 g/mol. The molecule has 0 bridgehead atoms. The largest absolute Gasteiger partial charge is 0.494 e. The van der Waals surface area contributed by atoms with E-state index in [0.29, 0.717) is 5.92 Å². The van der Waals surface area contributed by atoms with Gasteiger partial charge in [-0.2, -0.15) is 0 Å². The molecular weight excluding hydrogens is 275 g/mol. The second-order valence-electron chi connectivity index (χ2n) is 5.42. The molecule has 0 spiro atoms. The number of nitrogens with one attached hydrogen (secondary N) is 1. The first-order valence-electron chi connectivity index (χ1n) is 6.82. The summed E-state index contributed by atoms with van der Waals surface area (Å²) in [6, 6.07) is 5.16. The van der Waals surface area contributed by atoms with Gasteiger partial charge in [0.15, 0.2) is 0 Å². The van der Waals surface area contributed by atoms with Crippen LogP contribution in [-0.2, 0) is 0 Å². The molecule has 2 aromatic rings. The molecular formula is C15H15FN2O3. The van der Waals surface area contributed by atoms with Crippen LogP contribution < -0.4 is 11.2 Å². The maximum absolute atomic E-state index is 13.3. The van der Waals surface area contributed by atoms with Gasteiger partial charge in [0.05, 0.1) is 0 Å². The molecule has 21 heavy (non-hydrogen) atoms. The highest BCUT2D eigenvalue weighted by molar-refractivity contribution is 5.67. The first kappa shape index (κ1) is 13.6. The van der Waals surface area contributed by atoms with E-state index in [0.717, 1.165) is 18.9 Å². The predicted octanol–water partition coefficient (Wildman–Crippen LogP) is 2.02. The molecule has 1 aliphatic carbocycles. The van der Waals surface area contributed by atoms with Gasteiger partial charge >= 0.3 is 5.69 Å². The lowest BCUT2D eigenvalue weighted by Gasteiger charge is -2.17. The van der Waals surface area contributed by atoms with Crippen LogP contribution in [0.5, 0.6) is 5.88 Å². The Morgan fingerprint density at radius 3 is 2.71 bits per heavy atom.